The van der Waals surface area contributed by atoms with E-state index in [-0.39, 0.29) is 5.56 Å². The maximum absolute atomic E-state index is 12.5. The van der Waals surface area contributed by atoms with Gasteiger partial charge in [0, 0.05) is 61.0 Å². The molecule has 3 aromatic heterocycles. The Morgan fingerprint density at radius 2 is 1.94 bits per heavy atom. The molecule has 0 atom stereocenters. The van der Waals surface area contributed by atoms with Crippen molar-refractivity contribution in [1.29, 1.82) is 5.26 Å². The van der Waals surface area contributed by atoms with E-state index in [0.717, 1.165) is 35.2 Å². The summed E-state index contributed by atoms with van der Waals surface area (Å²) in [6, 6.07) is 12.6. The minimum Gasteiger partial charge on any atom is -0.478 e. The van der Waals surface area contributed by atoms with Gasteiger partial charge in [-0.3, -0.25) is 4.79 Å². The van der Waals surface area contributed by atoms with Crippen LogP contribution in [0.1, 0.15) is 12.0 Å². The van der Waals surface area contributed by atoms with Crippen molar-refractivity contribution < 1.29 is 4.74 Å². The van der Waals surface area contributed by atoms with Crippen molar-refractivity contribution in [2.75, 3.05) is 27.2 Å². The largest absolute Gasteiger partial charge is 0.478 e. The van der Waals surface area contributed by atoms with Crippen molar-refractivity contribution in [3.8, 4) is 39.9 Å². The highest BCUT2D eigenvalue weighted by molar-refractivity contribution is 6.32. The molecule has 35 heavy (non-hydrogen) atoms. The predicted octanol–water partition coefficient (Wildman–Crippen LogP) is 4.16. The zero-order valence-electron chi connectivity index (χ0n) is 19.8. The first-order valence-corrected chi connectivity index (χ1v) is 11.4. The fourth-order valence-electron chi connectivity index (χ4n) is 3.69. The van der Waals surface area contributed by atoms with Gasteiger partial charge in [0.05, 0.1) is 29.1 Å². The second kappa shape index (κ2) is 10.6. The minimum absolute atomic E-state index is 0.137. The van der Waals surface area contributed by atoms with E-state index in [1.54, 1.807) is 60.7 Å². The lowest BCUT2D eigenvalue weighted by Crippen LogP contribution is -2.16. The molecule has 0 bridgehead atoms. The van der Waals surface area contributed by atoms with Crippen molar-refractivity contribution in [2.45, 2.75) is 6.42 Å². The van der Waals surface area contributed by atoms with Gasteiger partial charge in [-0.15, -0.1) is 0 Å². The number of rotatable bonds is 8. The van der Waals surface area contributed by atoms with Crippen molar-refractivity contribution >= 4 is 11.6 Å². The molecule has 0 radical (unpaired) electrons. The summed E-state index contributed by atoms with van der Waals surface area (Å²) >= 11 is 6.19. The van der Waals surface area contributed by atoms with Gasteiger partial charge < -0.3 is 14.2 Å². The number of nitriles is 1. The molecule has 0 aliphatic heterocycles. The molecule has 0 N–H and O–H groups in total. The monoisotopic (exact) mass is 488 g/mol. The van der Waals surface area contributed by atoms with Crippen LogP contribution >= 0.6 is 11.6 Å². The van der Waals surface area contributed by atoms with Crippen molar-refractivity contribution in [3.05, 3.63) is 82.1 Å². The Labute approximate surface area is 208 Å². The number of hydrogen-bond acceptors (Lipinski definition) is 6. The Hall–Kier alpha value is -3.93. The van der Waals surface area contributed by atoms with E-state index in [1.807, 2.05) is 26.4 Å². The zero-order chi connectivity index (χ0) is 24.9. The quantitative estimate of drug-likeness (QED) is 0.346. The van der Waals surface area contributed by atoms with Crippen LogP contribution in [0.5, 0.6) is 5.88 Å². The lowest BCUT2D eigenvalue weighted by molar-refractivity contribution is 0.273. The van der Waals surface area contributed by atoms with Crippen LogP contribution in [0.3, 0.4) is 0 Å². The molecule has 0 unspecified atom stereocenters. The van der Waals surface area contributed by atoms with Crippen LogP contribution in [0.4, 0.5) is 0 Å². The average Bonchev–Trinajstić information content (AvgIpc) is 3.33. The van der Waals surface area contributed by atoms with E-state index in [1.165, 1.54) is 4.57 Å². The Morgan fingerprint density at radius 3 is 2.66 bits per heavy atom. The third-order valence-electron chi connectivity index (χ3n) is 5.52. The minimum atomic E-state index is -0.137. The second-order valence-electron chi connectivity index (χ2n) is 8.36. The third kappa shape index (κ3) is 5.43. The van der Waals surface area contributed by atoms with Crippen molar-refractivity contribution in [2.24, 2.45) is 7.05 Å². The number of ether oxygens (including phenoxy) is 1. The molecule has 1 aromatic carbocycles. The van der Waals surface area contributed by atoms with Crippen LogP contribution in [-0.2, 0) is 7.05 Å². The summed E-state index contributed by atoms with van der Waals surface area (Å²) in [5.41, 5.74) is 3.88. The van der Waals surface area contributed by atoms with Crippen LogP contribution in [0.25, 0.3) is 27.9 Å². The Morgan fingerprint density at radius 1 is 1.11 bits per heavy atom. The third-order valence-corrected chi connectivity index (χ3v) is 5.83. The highest BCUT2D eigenvalue weighted by Crippen LogP contribution is 2.32. The van der Waals surface area contributed by atoms with Gasteiger partial charge in [0.2, 0.25) is 5.88 Å². The summed E-state index contributed by atoms with van der Waals surface area (Å²) in [6.45, 7) is 1.52. The van der Waals surface area contributed by atoms with Gasteiger partial charge in [-0.1, -0.05) is 17.7 Å². The number of pyridine rings is 2. The second-order valence-corrected chi connectivity index (χ2v) is 8.77. The van der Waals surface area contributed by atoms with E-state index in [4.69, 9.17) is 16.3 Å². The molecule has 9 heteroatoms. The van der Waals surface area contributed by atoms with Gasteiger partial charge >= 0.3 is 0 Å². The normalized spacial score (nSPS) is 11.0. The lowest BCUT2D eigenvalue weighted by Gasteiger charge is -2.12. The molecule has 0 fully saturated rings. The van der Waals surface area contributed by atoms with E-state index in [0.29, 0.717) is 28.8 Å². The lowest BCUT2D eigenvalue weighted by atomic mass is 9.99. The highest BCUT2D eigenvalue weighted by atomic mass is 35.5. The van der Waals surface area contributed by atoms with E-state index >= 15 is 0 Å². The molecule has 178 valence electrons. The summed E-state index contributed by atoms with van der Waals surface area (Å²) < 4.78 is 8.86. The molecule has 4 rings (SSSR count). The van der Waals surface area contributed by atoms with Crippen LogP contribution in [-0.4, -0.2) is 51.5 Å². The number of nitrogens with zero attached hydrogens (tertiary/aromatic N) is 6. The standard InChI is InChI=1S/C26H25ClN6O2/c1-31(2)10-5-11-35-25-9-8-18(14-29-25)20-12-26(34)32(3)17-22(20)19-15-30-33(16-19)24-7-4-6-23(27)21(24)13-28/h4,6-9,12,14-17H,5,10-11H2,1-3H3. The number of halogens is 1. The van der Waals surface area contributed by atoms with Crippen molar-refractivity contribution in [3.63, 3.8) is 0 Å². The van der Waals surface area contributed by atoms with Crippen LogP contribution < -0.4 is 10.3 Å². The molecule has 3 heterocycles. The fourth-order valence-corrected chi connectivity index (χ4v) is 3.90. The first-order chi connectivity index (χ1) is 16.9. The molecule has 4 aromatic rings. The van der Waals surface area contributed by atoms with Gasteiger partial charge in [-0.05, 0) is 44.3 Å². The van der Waals surface area contributed by atoms with Gasteiger partial charge in [-0.2, -0.15) is 10.4 Å². The first-order valence-electron chi connectivity index (χ1n) is 11.1. The van der Waals surface area contributed by atoms with Crippen LogP contribution in [0, 0.1) is 11.3 Å². The molecular weight excluding hydrogens is 464 g/mol. The molecule has 0 aliphatic rings. The number of benzene rings is 1. The molecule has 0 amide bonds. The molecule has 0 aliphatic carbocycles. The predicted molar refractivity (Wildman–Crippen MR) is 136 cm³/mol. The molecule has 0 spiro atoms. The number of aryl methyl sites for hydroxylation is 1. The van der Waals surface area contributed by atoms with Gasteiger partial charge in [0.15, 0.2) is 0 Å². The van der Waals surface area contributed by atoms with Crippen LogP contribution in [0.2, 0.25) is 5.02 Å². The highest BCUT2D eigenvalue weighted by Gasteiger charge is 2.15. The summed E-state index contributed by atoms with van der Waals surface area (Å²) in [7, 11) is 5.75. The van der Waals surface area contributed by atoms with Crippen molar-refractivity contribution in [1.82, 2.24) is 24.2 Å². The molecule has 0 saturated heterocycles. The van der Waals surface area contributed by atoms with E-state index in [2.05, 4.69) is 21.1 Å². The summed E-state index contributed by atoms with van der Waals surface area (Å²) in [4.78, 5) is 19.0. The average molecular weight is 489 g/mol. The number of hydrogen-bond donors (Lipinski definition) is 0. The SMILES string of the molecule is CN(C)CCCOc1ccc(-c2cc(=O)n(C)cc2-c2cnn(-c3cccc(Cl)c3C#N)c2)cn1. The van der Waals surface area contributed by atoms with E-state index in [9.17, 15) is 10.1 Å². The van der Waals surface area contributed by atoms with Crippen LogP contribution in [0.15, 0.2) is 66.0 Å². The van der Waals surface area contributed by atoms with Gasteiger partial charge in [-0.25, -0.2) is 9.67 Å². The first kappa shape index (κ1) is 24.2. The van der Waals surface area contributed by atoms with Gasteiger partial charge in [0.1, 0.15) is 6.07 Å². The number of aromatic nitrogens is 4. The maximum Gasteiger partial charge on any atom is 0.250 e. The molecular formula is C26H25ClN6O2. The van der Waals surface area contributed by atoms with Gasteiger partial charge in [0.25, 0.3) is 5.56 Å². The smallest absolute Gasteiger partial charge is 0.250 e. The Kier molecular flexibility index (Phi) is 7.30. The summed E-state index contributed by atoms with van der Waals surface area (Å²) in [6.07, 6.45) is 7.88. The zero-order valence-corrected chi connectivity index (χ0v) is 20.5. The fraction of sp³-hybridized carbons (Fsp3) is 0.231. The molecule has 0 saturated carbocycles. The summed E-state index contributed by atoms with van der Waals surface area (Å²) in [5.74, 6) is 0.538. The molecule has 8 nitrogen and oxygen atoms in total. The topological polar surface area (TPSA) is 89.0 Å². The Balaban J connectivity index is 1.67. The Bertz CT molecular complexity index is 1430. The van der Waals surface area contributed by atoms with E-state index < -0.39 is 0 Å². The maximum atomic E-state index is 12.5. The summed E-state index contributed by atoms with van der Waals surface area (Å²) in [5, 5.41) is 14.3.